The summed E-state index contributed by atoms with van der Waals surface area (Å²) in [5.74, 6) is -2.67. The predicted octanol–water partition coefficient (Wildman–Crippen LogP) is 5.22. The number of carbonyl (C=O) groups excluding carboxylic acids is 1. The van der Waals surface area contributed by atoms with Gasteiger partial charge in [-0.15, -0.1) is 23.2 Å². The summed E-state index contributed by atoms with van der Waals surface area (Å²) in [5, 5.41) is 12.5. The zero-order valence-corrected chi connectivity index (χ0v) is 15.5. The monoisotopic (exact) mass is 417 g/mol. The summed E-state index contributed by atoms with van der Waals surface area (Å²) in [4.78, 5) is 23.5. The third-order valence-electron chi connectivity index (χ3n) is 3.96. The largest absolute Gasteiger partial charge is 0.478 e. The van der Waals surface area contributed by atoms with E-state index in [1.165, 1.54) is 18.2 Å². The lowest BCUT2D eigenvalue weighted by Gasteiger charge is -2.06. The Morgan fingerprint density at radius 1 is 1.04 bits per heavy atom. The summed E-state index contributed by atoms with van der Waals surface area (Å²) >= 11 is 24.5. The highest BCUT2D eigenvalue weighted by Gasteiger charge is 2.67. The van der Waals surface area contributed by atoms with E-state index in [0.29, 0.717) is 21.3 Å². The Morgan fingerprint density at radius 3 is 2.28 bits per heavy atom. The maximum absolute atomic E-state index is 12.5. The lowest BCUT2D eigenvalue weighted by molar-refractivity contribution is -0.117. The van der Waals surface area contributed by atoms with E-state index >= 15 is 0 Å². The molecule has 2 unspecified atom stereocenters. The van der Waals surface area contributed by atoms with E-state index in [9.17, 15) is 9.59 Å². The molecule has 1 aliphatic rings. The van der Waals surface area contributed by atoms with E-state index in [1.807, 2.05) is 0 Å². The molecule has 2 aromatic carbocycles. The van der Waals surface area contributed by atoms with E-state index in [-0.39, 0.29) is 5.56 Å². The highest BCUT2D eigenvalue weighted by molar-refractivity contribution is 6.53. The Labute approximate surface area is 163 Å². The van der Waals surface area contributed by atoms with Gasteiger partial charge in [0.05, 0.1) is 11.5 Å². The van der Waals surface area contributed by atoms with Crippen LogP contribution in [0.5, 0.6) is 0 Å². The molecule has 0 saturated heterocycles. The van der Waals surface area contributed by atoms with Gasteiger partial charge in [-0.1, -0.05) is 29.3 Å². The minimum Gasteiger partial charge on any atom is -0.478 e. The fourth-order valence-corrected chi connectivity index (χ4v) is 4.14. The van der Waals surface area contributed by atoms with E-state index in [4.69, 9.17) is 51.5 Å². The van der Waals surface area contributed by atoms with Gasteiger partial charge in [-0.3, -0.25) is 4.79 Å². The van der Waals surface area contributed by atoms with Crippen molar-refractivity contribution in [3.8, 4) is 0 Å². The highest BCUT2D eigenvalue weighted by atomic mass is 35.5. The molecular formula is C17H11Cl4NO3. The smallest absolute Gasteiger partial charge is 0.335 e. The molecule has 8 heteroatoms. The molecule has 0 heterocycles. The zero-order valence-electron chi connectivity index (χ0n) is 12.5. The quantitative estimate of drug-likeness (QED) is 0.669. The second-order valence-corrected chi connectivity index (χ2v) is 8.03. The summed E-state index contributed by atoms with van der Waals surface area (Å²) in [6, 6.07) is 10.8. The number of amides is 1. The van der Waals surface area contributed by atoms with Gasteiger partial charge in [-0.2, -0.15) is 0 Å². The number of carboxylic acid groups (broad SMARTS) is 1. The Balaban J connectivity index is 1.81. The Bertz CT molecular complexity index is 848. The summed E-state index contributed by atoms with van der Waals surface area (Å²) in [5.41, 5.74) is 1.08. The van der Waals surface area contributed by atoms with Gasteiger partial charge in [0.15, 0.2) is 0 Å². The Morgan fingerprint density at radius 2 is 1.68 bits per heavy atom. The van der Waals surface area contributed by atoms with Gasteiger partial charge in [0, 0.05) is 21.7 Å². The van der Waals surface area contributed by atoms with Crippen molar-refractivity contribution in [3.63, 3.8) is 0 Å². The normalized spacial score (nSPS) is 20.8. The van der Waals surface area contributed by atoms with Crippen molar-refractivity contribution in [3.05, 3.63) is 63.6 Å². The molecule has 0 aromatic heterocycles. The zero-order chi connectivity index (χ0) is 18.4. The van der Waals surface area contributed by atoms with E-state index in [1.54, 1.807) is 24.3 Å². The van der Waals surface area contributed by atoms with E-state index < -0.39 is 28.0 Å². The number of hydrogen-bond donors (Lipinski definition) is 2. The topological polar surface area (TPSA) is 66.4 Å². The van der Waals surface area contributed by atoms with Gasteiger partial charge in [0.2, 0.25) is 5.91 Å². The molecule has 25 heavy (non-hydrogen) atoms. The molecule has 0 aliphatic heterocycles. The average Bonchev–Trinajstić information content (AvgIpc) is 3.09. The maximum Gasteiger partial charge on any atom is 0.335 e. The number of halogens is 4. The van der Waals surface area contributed by atoms with E-state index in [0.717, 1.165) is 0 Å². The van der Waals surface area contributed by atoms with Gasteiger partial charge in [-0.25, -0.2) is 4.79 Å². The molecule has 0 radical (unpaired) electrons. The summed E-state index contributed by atoms with van der Waals surface area (Å²) in [6.45, 7) is 0. The summed E-state index contributed by atoms with van der Waals surface area (Å²) < 4.78 is -1.29. The second-order valence-electron chi connectivity index (χ2n) is 5.71. The Kier molecular flexibility index (Phi) is 4.91. The lowest BCUT2D eigenvalue weighted by atomic mass is 10.1. The van der Waals surface area contributed by atoms with Crippen LogP contribution in [0.4, 0.5) is 5.69 Å². The van der Waals surface area contributed by atoms with E-state index in [2.05, 4.69) is 5.32 Å². The van der Waals surface area contributed by atoms with Crippen molar-refractivity contribution in [2.75, 3.05) is 5.32 Å². The first-order chi connectivity index (χ1) is 11.7. The SMILES string of the molecule is O=C(O)c1cccc(NC(=O)C2C(c3cc(Cl)cc(Cl)c3)C2(Cl)Cl)c1. The third kappa shape index (κ3) is 3.72. The first-order valence-electron chi connectivity index (χ1n) is 7.18. The fraction of sp³-hybridized carbons (Fsp3) is 0.176. The van der Waals surface area contributed by atoms with Crippen LogP contribution >= 0.6 is 46.4 Å². The number of alkyl halides is 2. The van der Waals surface area contributed by atoms with Crippen LogP contribution in [0.25, 0.3) is 0 Å². The molecule has 0 spiro atoms. The van der Waals surface area contributed by atoms with Crippen LogP contribution in [-0.4, -0.2) is 21.3 Å². The molecule has 0 bridgehead atoms. The lowest BCUT2D eigenvalue weighted by Crippen LogP contribution is -2.17. The number of anilines is 1. The van der Waals surface area contributed by atoms with Crippen LogP contribution in [0.3, 0.4) is 0 Å². The van der Waals surface area contributed by atoms with Crippen molar-refractivity contribution >= 4 is 64.0 Å². The minimum absolute atomic E-state index is 0.0646. The molecular weight excluding hydrogens is 408 g/mol. The van der Waals surface area contributed by atoms with Crippen LogP contribution in [0.15, 0.2) is 42.5 Å². The van der Waals surface area contributed by atoms with Crippen molar-refractivity contribution in [2.45, 2.75) is 10.3 Å². The molecule has 1 fully saturated rings. The maximum atomic E-state index is 12.5. The van der Waals surface area contributed by atoms with Gasteiger partial charge in [0.1, 0.15) is 4.33 Å². The molecule has 4 nitrogen and oxygen atoms in total. The number of benzene rings is 2. The number of nitrogens with one attached hydrogen (secondary N) is 1. The van der Waals surface area contributed by atoms with Crippen molar-refractivity contribution in [1.82, 2.24) is 0 Å². The second kappa shape index (κ2) is 6.69. The standard InChI is InChI=1S/C17H11Cl4NO3/c18-10-4-9(5-11(19)7-10)13-14(17(13,20)21)15(23)22-12-3-1-2-8(6-12)16(24)25/h1-7,13-14H,(H,22,23)(H,24,25). The molecule has 2 atom stereocenters. The van der Waals surface area contributed by atoms with Crippen molar-refractivity contribution < 1.29 is 14.7 Å². The van der Waals surface area contributed by atoms with Gasteiger partial charge < -0.3 is 10.4 Å². The number of aromatic carboxylic acids is 1. The number of carboxylic acids is 1. The Hall–Kier alpha value is -1.46. The first kappa shape index (κ1) is 18.3. The number of rotatable bonds is 4. The van der Waals surface area contributed by atoms with Crippen LogP contribution in [0.1, 0.15) is 21.8 Å². The minimum atomic E-state index is -1.29. The van der Waals surface area contributed by atoms with Gasteiger partial charge in [-0.05, 0) is 42.0 Å². The van der Waals surface area contributed by atoms with Crippen molar-refractivity contribution in [2.24, 2.45) is 5.92 Å². The fourth-order valence-electron chi connectivity index (χ4n) is 2.77. The van der Waals surface area contributed by atoms with Gasteiger partial charge >= 0.3 is 5.97 Å². The number of carbonyl (C=O) groups is 2. The molecule has 3 rings (SSSR count). The summed E-state index contributed by atoms with van der Waals surface area (Å²) in [7, 11) is 0. The molecule has 130 valence electrons. The first-order valence-corrected chi connectivity index (χ1v) is 8.69. The average molecular weight is 419 g/mol. The molecule has 2 aromatic rings. The van der Waals surface area contributed by atoms with Crippen molar-refractivity contribution in [1.29, 1.82) is 0 Å². The third-order valence-corrected chi connectivity index (χ3v) is 5.33. The predicted molar refractivity (Wildman–Crippen MR) is 99.2 cm³/mol. The molecule has 2 N–H and O–H groups in total. The van der Waals surface area contributed by atoms with Gasteiger partial charge in [0.25, 0.3) is 0 Å². The summed E-state index contributed by atoms with van der Waals surface area (Å²) in [6.07, 6.45) is 0. The van der Waals surface area contributed by atoms with Crippen LogP contribution < -0.4 is 5.32 Å². The molecule has 1 amide bonds. The molecule has 1 aliphatic carbocycles. The molecule has 1 saturated carbocycles. The highest BCUT2D eigenvalue weighted by Crippen LogP contribution is 2.65. The van der Waals surface area contributed by atoms with Crippen LogP contribution in [0, 0.1) is 5.92 Å². The number of hydrogen-bond acceptors (Lipinski definition) is 2. The van der Waals surface area contributed by atoms with Crippen LogP contribution in [-0.2, 0) is 4.79 Å². The van der Waals surface area contributed by atoms with Crippen LogP contribution in [0.2, 0.25) is 10.0 Å².